The summed E-state index contributed by atoms with van der Waals surface area (Å²) < 4.78 is 14.8. The molecule has 6 nitrogen and oxygen atoms in total. The lowest BCUT2D eigenvalue weighted by Crippen LogP contribution is -2.33. The van der Waals surface area contributed by atoms with Gasteiger partial charge >= 0.3 is 0 Å². The van der Waals surface area contributed by atoms with Crippen molar-refractivity contribution in [3.63, 3.8) is 0 Å². The van der Waals surface area contributed by atoms with Gasteiger partial charge in [-0.25, -0.2) is 0 Å². The smallest absolute Gasteiger partial charge is 0.238 e. The number of fused-ring (bicyclic) bond motifs is 3. The van der Waals surface area contributed by atoms with E-state index in [-0.39, 0.29) is 12.5 Å². The number of ether oxygens (including phenoxy) is 2. The number of hydrogen-bond donors (Lipinski definition) is 1. The Kier molecular flexibility index (Phi) is 8.78. The SMILES string of the molecule is O=C1CN(Cc2cn(C3CCCC3)c3ccccc23)CCCCCCOc2ccccc2Oc2ccc(Cl)cc2N1. The molecule has 1 fully saturated rings. The standard InChI is InChI=1S/C34H38ClN3O3/c35-26-17-18-31-29(21-26)36-34(39)24-37(19-9-1-2-10-20-40-32-15-7-8-16-33(32)41-31)22-25-23-38(27-11-3-4-12-27)30-14-6-5-13-28(25)30/h5-8,13-18,21,23,27H,1-4,9-12,19-20,22,24H2,(H,36,39). The first-order valence-corrected chi connectivity index (χ1v) is 15.3. The van der Waals surface area contributed by atoms with Crippen molar-refractivity contribution >= 4 is 34.1 Å². The number of nitrogens with one attached hydrogen (secondary N) is 1. The summed E-state index contributed by atoms with van der Waals surface area (Å²) in [5.74, 6) is 1.73. The van der Waals surface area contributed by atoms with Crippen molar-refractivity contribution in [2.75, 3.05) is 25.0 Å². The van der Waals surface area contributed by atoms with Crippen molar-refractivity contribution in [2.45, 2.75) is 64.0 Å². The number of hydrogen-bond acceptors (Lipinski definition) is 4. The molecule has 0 bridgehead atoms. The van der Waals surface area contributed by atoms with Gasteiger partial charge in [-0.2, -0.15) is 0 Å². The molecule has 0 spiro atoms. The first-order valence-electron chi connectivity index (χ1n) is 14.9. The Bertz CT molecular complexity index is 1490. The molecule has 1 aliphatic carbocycles. The molecule has 2 heterocycles. The highest BCUT2D eigenvalue weighted by Crippen LogP contribution is 2.37. The number of anilines is 1. The lowest BCUT2D eigenvalue weighted by atomic mass is 10.1. The van der Waals surface area contributed by atoms with Gasteiger partial charge in [-0.05, 0) is 74.2 Å². The molecule has 0 unspecified atom stereocenters. The van der Waals surface area contributed by atoms with Gasteiger partial charge in [-0.1, -0.05) is 67.6 Å². The number of amides is 1. The van der Waals surface area contributed by atoms with Crippen LogP contribution in [-0.2, 0) is 11.3 Å². The number of aromatic nitrogens is 1. The second-order valence-electron chi connectivity index (χ2n) is 11.2. The first kappa shape index (κ1) is 27.7. The van der Waals surface area contributed by atoms with Gasteiger partial charge in [-0.3, -0.25) is 9.69 Å². The third-order valence-electron chi connectivity index (χ3n) is 8.21. The third kappa shape index (κ3) is 6.71. The highest BCUT2D eigenvalue weighted by molar-refractivity contribution is 6.31. The van der Waals surface area contributed by atoms with Gasteiger partial charge in [0.05, 0.1) is 18.8 Å². The Balaban J connectivity index is 1.26. The Hall–Kier alpha value is -3.48. The van der Waals surface area contributed by atoms with Crippen LogP contribution in [0, 0.1) is 0 Å². The maximum atomic E-state index is 13.5. The summed E-state index contributed by atoms with van der Waals surface area (Å²) in [7, 11) is 0. The molecule has 0 saturated heterocycles. The molecule has 1 aromatic heterocycles. The van der Waals surface area contributed by atoms with Crippen molar-refractivity contribution in [3.8, 4) is 17.2 Å². The molecular weight excluding hydrogens is 534 g/mol. The number of halogens is 1. The average molecular weight is 572 g/mol. The molecule has 4 aromatic rings. The van der Waals surface area contributed by atoms with E-state index in [1.165, 1.54) is 42.1 Å². The molecular formula is C34H38ClN3O3. The number of para-hydroxylation sites is 3. The molecule has 3 aromatic carbocycles. The summed E-state index contributed by atoms with van der Waals surface area (Å²) in [4.78, 5) is 15.8. The van der Waals surface area contributed by atoms with E-state index in [4.69, 9.17) is 21.1 Å². The van der Waals surface area contributed by atoms with Gasteiger partial charge in [0.15, 0.2) is 17.2 Å². The van der Waals surface area contributed by atoms with Gasteiger partial charge in [0.25, 0.3) is 0 Å². The number of carbonyl (C=O) groups excluding carboxylic acids is 1. The minimum atomic E-state index is -0.0896. The number of carbonyl (C=O) groups is 1. The minimum Gasteiger partial charge on any atom is -0.490 e. The molecule has 1 amide bonds. The van der Waals surface area contributed by atoms with E-state index < -0.39 is 0 Å². The monoisotopic (exact) mass is 571 g/mol. The maximum Gasteiger partial charge on any atom is 0.238 e. The van der Waals surface area contributed by atoms with Crippen molar-refractivity contribution in [1.29, 1.82) is 0 Å². The summed E-state index contributed by atoms with van der Waals surface area (Å²) in [5, 5.41) is 4.90. The second-order valence-corrected chi connectivity index (χ2v) is 11.7. The predicted molar refractivity (Wildman–Crippen MR) is 165 cm³/mol. The molecule has 1 N–H and O–H groups in total. The van der Waals surface area contributed by atoms with E-state index in [2.05, 4.69) is 45.2 Å². The molecule has 1 aliphatic heterocycles. The van der Waals surface area contributed by atoms with Crippen molar-refractivity contribution < 1.29 is 14.3 Å². The lowest BCUT2D eigenvalue weighted by Gasteiger charge is -2.23. The van der Waals surface area contributed by atoms with Gasteiger partial charge in [0, 0.05) is 34.7 Å². The van der Waals surface area contributed by atoms with Crippen molar-refractivity contribution in [2.24, 2.45) is 0 Å². The topological polar surface area (TPSA) is 55.7 Å². The third-order valence-corrected chi connectivity index (χ3v) is 8.45. The maximum absolute atomic E-state index is 13.5. The van der Waals surface area contributed by atoms with Crippen LogP contribution in [0.15, 0.2) is 72.9 Å². The quantitative estimate of drug-likeness (QED) is 0.267. The van der Waals surface area contributed by atoms with E-state index in [1.807, 2.05) is 24.3 Å². The molecule has 0 atom stereocenters. The highest BCUT2D eigenvalue weighted by atomic mass is 35.5. The molecule has 6 rings (SSSR count). The van der Waals surface area contributed by atoms with Crippen LogP contribution in [0.5, 0.6) is 17.2 Å². The van der Waals surface area contributed by atoms with E-state index in [0.29, 0.717) is 40.6 Å². The largest absolute Gasteiger partial charge is 0.490 e. The molecule has 214 valence electrons. The Labute approximate surface area is 247 Å². The summed E-state index contributed by atoms with van der Waals surface area (Å²) >= 11 is 6.34. The zero-order chi connectivity index (χ0) is 28.0. The highest BCUT2D eigenvalue weighted by Gasteiger charge is 2.22. The second kappa shape index (κ2) is 13.0. The van der Waals surface area contributed by atoms with Gasteiger partial charge in [0.1, 0.15) is 0 Å². The lowest BCUT2D eigenvalue weighted by molar-refractivity contribution is -0.117. The van der Waals surface area contributed by atoms with Crippen LogP contribution in [0.2, 0.25) is 5.02 Å². The fourth-order valence-corrected chi connectivity index (χ4v) is 6.34. The normalized spacial score (nSPS) is 17.8. The van der Waals surface area contributed by atoms with E-state index >= 15 is 0 Å². The summed E-state index contributed by atoms with van der Waals surface area (Å²) in [6, 6.07) is 22.2. The van der Waals surface area contributed by atoms with Crippen molar-refractivity contribution in [1.82, 2.24) is 9.47 Å². The number of nitrogens with zero attached hydrogens (tertiary/aromatic N) is 2. The number of benzene rings is 3. The van der Waals surface area contributed by atoms with Gasteiger partial charge < -0.3 is 19.4 Å². The first-order chi connectivity index (χ1) is 20.1. The predicted octanol–water partition coefficient (Wildman–Crippen LogP) is 8.60. The van der Waals surface area contributed by atoms with Crippen LogP contribution >= 0.6 is 11.6 Å². The Morgan fingerprint density at radius 3 is 2.51 bits per heavy atom. The van der Waals surface area contributed by atoms with Crippen LogP contribution in [-0.4, -0.2) is 35.1 Å². The average Bonchev–Trinajstić information content (AvgIpc) is 3.63. The van der Waals surface area contributed by atoms with Crippen LogP contribution in [0.4, 0.5) is 5.69 Å². The van der Waals surface area contributed by atoms with Crippen LogP contribution in [0.1, 0.15) is 63.0 Å². The summed E-state index contributed by atoms with van der Waals surface area (Å²) in [6.07, 6.45) is 11.6. The molecule has 1 saturated carbocycles. The molecule has 0 radical (unpaired) electrons. The van der Waals surface area contributed by atoms with E-state index in [1.54, 1.807) is 18.2 Å². The zero-order valence-electron chi connectivity index (χ0n) is 23.5. The van der Waals surface area contributed by atoms with Crippen LogP contribution in [0.25, 0.3) is 10.9 Å². The summed E-state index contributed by atoms with van der Waals surface area (Å²) in [5.41, 5.74) is 3.13. The summed E-state index contributed by atoms with van der Waals surface area (Å²) in [6.45, 7) is 2.49. The molecule has 41 heavy (non-hydrogen) atoms. The van der Waals surface area contributed by atoms with Gasteiger partial charge in [-0.15, -0.1) is 0 Å². The Morgan fingerprint density at radius 2 is 1.63 bits per heavy atom. The van der Waals surface area contributed by atoms with Crippen molar-refractivity contribution in [3.05, 3.63) is 83.5 Å². The minimum absolute atomic E-state index is 0.0896. The Morgan fingerprint density at radius 1 is 0.854 bits per heavy atom. The zero-order valence-corrected chi connectivity index (χ0v) is 24.2. The van der Waals surface area contributed by atoms with Gasteiger partial charge in [0.2, 0.25) is 5.91 Å². The molecule has 2 aliphatic rings. The number of rotatable bonds is 3. The fraction of sp³-hybridized carbons (Fsp3) is 0.382. The van der Waals surface area contributed by atoms with E-state index in [0.717, 1.165) is 38.8 Å². The molecule has 7 heteroatoms. The van der Waals surface area contributed by atoms with E-state index in [9.17, 15) is 4.79 Å². The van der Waals surface area contributed by atoms with Crippen LogP contribution < -0.4 is 14.8 Å². The van der Waals surface area contributed by atoms with Crippen LogP contribution in [0.3, 0.4) is 0 Å². The fourth-order valence-electron chi connectivity index (χ4n) is 6.17.